The van der Waals surface area contributed by atoms with Crippen LogP contribution >= 0.6 is 23.4 Å². The van der Waals surface area contributed by atoms with Crippen molar-refractivity contribution in [2.75, 3.05) is 12.8 Å². The Hall–Kier alpha value is -0.640. The summed E-state index contributed by atoms with van der Waals surface area (Å²) in [5.74, 6) is 0. The molecule has 0 spiro atoms. The number of aryl methyl sites for hydroxylation is 1. The van der Waals surface area contributed by atoms with Gasteiger partial charge in [-0.05, 0) is 17.9 Å². The molecule has 2 heterocycles. The molecule has 1 aliphatic rings. The van der Waals surface area contributed by atoms with Crippen LogP contribution in [0.15, 0.2) is 17.0 Å². The molecule has 0 unspecified atom stereocenters. The third-order valence-electron chi connectivity index (χ3n) is 3.54. The number of nitrogens with one attached hydrogen (secondary N) is 1. The molecular weight excluding hydrogens is 252 g/mol. The lowest BCUT2D eigenvalue weighted by atomic mass is 10.1. The molecule has 0 aliphatic carbocycles. The molecule has 0 saturated carbocycles. The summed E-state index contributed by atoms with van der Waals surface area (Å²) in [7, 11) is 2.16. The topological polar surface area (TPSA) is 17.0 Å². The third kappa shape index (κ3) is 1.60. The van der Waals surface area contributed by atoms with E-state index in [1.807, 2.05) is 6.07 Å². The van der Waals surface area contributed by atoms with Crippen LogP contribution in [0.4, 0.5) is 0 Å². The molecule has 1 aromatic heterocycles. The Kier molecular flexibility index (Phi) is 2.85. The van der Waals surface area contributed by atoms with Crippen molar-refractivity contribution in [3.8, 4) is 0 Å². The molecule has 90 valence electrons. The van der Waals surface area contributed by atoms with Crippen LogP contribution in [0.5, 0.6) is 0 Å². The van der Waals surface area contributed by atoms with Gasteiger partial charge in [0.1, 0.15) is 0 Å². The Morgan fingerprint density at radius 1 is 1.41 bits per heavy atom. The predicted molar refractivity (Wildman–Crippen MR) is 75.1 cm³/mol. The molecule has 17 heavy (non-hydrogen) atoms. The van der Waals surface area contributed by atoms with Crippen molar-refractivity contribution < 1.29 is 0 Å². The van der Waals surface area contributed by atoms with E-state index in [0.29, 0.717) is 0 Å². The summed E-state index contributed by atoms with van der Waals surface area (Å²) < 4.78 is 2.32. The van der Waals surface area contributed by atoms with Crippen LogP contribution in [0, 0.1) is 0 Å². The van der Waals surface area contributed by atoms with Crippen molar-refractivity contribution in [2.45, 2.75) is 17.9 Å². The lowest BCUT2D eigenvalue weighted by Crippen LogP contribution is -2.24. The molecule has 0 bridgehead atoms. The maximum atomic E-state index is 6.29. The van der Waals surface area contributed by atoms with Crippen LogP contribution in [0.2, 0.25) is 5.02 Å². The summed E-state index contributed by atoms with van der Waals surface area (Å²) in [5, 5.41) is 5.65. The second kappa shape index (κ2) is 4.23. The molecule has 0 radical (unpaired) electrons. The van der Waals surface area contributed by atoms with Gasteiger partial charge in [-0.3, -0.25) is 0 Å². The smallest absolute Gasteiger partial charge is 0.0636 e. The fraction of sp³-hybridized carbons (Fsp3) is 0.385. The molecule has 0 atom stereocenters. The van der Waals surface area contributed by atoms with Crippen LogP contribution in [0.25, 0.3) is 10.9 Å². The highest BCUT2D eigenvalue weighted by Gasteiger charge is 2.20. The van der Waals surface area contributed by atoms with Crippen LogP contribution in [-0.4, -0.2) is 17.4 Å². The summed E-state index contributed by atoms with van der Waals surface area (Å²) in [4.78, 5) is 1.20. The van der Waals surface area contributed by atoms with Gasteiger partial charge in [0.05, 0.1) is 10.5 Å². The highest BCUT2D eigenvalue weighted by atomic mass is 35.5. The Morgan fingerprint density at radius 3 is 3.00 bits per heavy atom. The van der Waals surface area contributed by atoms with Gasteiger partial charge in [-0.25, -0.2) is 0 Å². The Labute approximate surface area is 110 Å². The summed E-state index contributed by atoms with van der Waals surface area (Å²) >= 11 is 8.02. The number of thioether (sulfide) groups is 1. The number of fused-ring (bicyclic) bond motifs is 3. The molecular formula is C13H15ClN2S. The van der Waals surface area contributed by atoms with E-state index in [2.05, 4.69) is 29.3 Å². The maximum Gasteiger partial charge on any atom is 0.0636 e. The molecule has 2 nitrogen and oxygen atoms in total. The molecule has 1 aromatic carbocycles. The Balaban J connectivity index is 2.41. The minimum atomic E-state index is 0.857. The lowest BCUT2D eigenvalue weighted by molar-refractivity contribution is 0.622. The predicted octanol–water partition coefficient (Wildman–Crippen LogP) is 3.20. The number of benzene rings is 1. The number of nitrogens with zero attached hydrogens (tertiary/aromatic N) is 1. The normalized spacial score (nSPS) is 15.2. The van der Waals surface area contributed by atoms with Crippen molar-refractivity contribution in [3.05, 3.63) is 28.4 Å². The Morgan fingerprint density at radius 2 is 2.24 bits per heavy atom. The summed E-state index contributed by atoms with van der Waals surface area (Å²) in [6.07, 6.45) is 3.19. The standard InChI is InChI=1S/C13H15ClN2S/c1-16-11-5-6-15-7-9(11)8-3-4-10(14)13(17-2)12(8)16/h3-4,15H,5-7H2,1-2H3. The van der Waals surface area contributed by atoms with Gasteiger partial charge in [0.15, 0.2) is 0 Å². The minimum Gasteiger partial charge on any atom is -0.346 e. The van der Waals surface area contributed by atoms with Crippen molar-refractivity contribution in [3.63, 3.8) is 0 Å². The van der Waals surface area contributed by atoms with E-state index in [9.17, 15) is 0 Å². The highest BCUT2D eigenvalue weighted by Crippen LogP contribution is 2.37. The second-order valence-electron chi connectivity index (χ2n) is 4.39. The van der Waals surface area contributed by atoms with E-state index in [1.54, 1.807) is 11.8 Å². The zero-order valence-corrected chi connectivity index (χ0v) is 11.6. The van der Waals surface area contributed by atoms with Crippen molar-refractivity contribution in [2.24, 2.45) is 7.05 Å². The quantitative estimate of drug-likeness (QED) is 0.799. The van der Waals surface area contributed by atoms with Gasteiger partial charge in [-0.1, -0.05) is 17.7 Å². The van der Waals surface area contributed by atoms with Crippen molar-refractivity contribution in [1.29, 1.82) is 0 Å². The van der Waals surface area contributed by atoms with Crippen LogP contribution in [-0.2, 0) is 20.0 Å². The minimum absolute atomic E-state index is 0.857. The molecule has 4 heteroatoms. The average molecular weight is 267 g/mol. The average Bonchev–Trinajstić information content (AvgIpc) is 2.64. The van der Waals surface area contributed by atoms with Gasteiger partial charge < -0.3 is 9.88 Å². The molecule has 0 amide bonds. The van der Waals surface area contributed by atoms with Crippen LogP contribution in [0.3, 0.4) is 0 Å². The van der Waals surface area contributed by atoms with E-state index in [1.165, 1.54) is 27.1 Å². The van der Waals surface area contributed by atoms with E-state index in [0.717, 1.165) is 24.5 Å². The lowest BCUT2D eigenvalue weighted by Gasteiger charge is -2.14. The van der Waals surface area contributed by atoms with Gasteiger partial charge in [0.25, 0.3) is 0 Å². The van der Waals surface area contributed by atoms with Gasteiger partial charge in [-0.2, -0.15) is 0 Å². The molecule has 2 aromatic rings. The summed E-state index contributed by atoms with van der Waals surface area (Å²) in [5.41, 5.74) is 4.19. The number of rotatable bonds is 1. The summed E-state index contributed by atoms with van der Waals surface area (Å²) in [6.45, 7) is 2.04. The molecule has 0 fully saturated rings. The highest BCUT2D eigenvalue weighted by molar-refractivity contribution is 7.99. The molecule has 3 rings (SSSR count). The molecule has 1 N–H and O–H groups in total. The zero-order valence-electron chi connectivity index (χ0n) is 10.0. The SMILES string of the molecule is CSc1c(Cl)ccc2c3c(n(C)c12)CCNC3. The molecule has 1 aliphatic heterocycles. The fourth-order valence-corrected chi connectivity index (χ4v) is 3.83. The van der Waals surface area contributed by atoms with Crippen LogP contribution in [0.1, 0.15) is 11.3 Å². The monoisotopic (exact) mass is 266 g/mol. The van der Waals surface area contributed by atoms with E-state index >= 15 is 0 Å². The number of hydrogen-bond donors (Lipinski definition) is 1. The first kappa shape index (κ1) is 11.5. The second-order valence-corrected chi connectivity index (χ2v) is 5.61. The van der Waals surface area contributed by atoms with Gasteiger partial charge >= 0.3 is 0 Å². The fourth-order valence-electron chi connectivity index (χ4n) is 2.75. The van der Waals surface area contributed by atoms with Gasteiger partial charge in [-0.15, -0.1) is 11.8 Å². The van der Waals surface area contributed by atoms with Crippen molar-refractivity contribution >= 4 is 34.3 Å². The van der Waals surface area contributed by atoms with Gasteiger partial charge in [0.2, 0.25) is 0 Å². The third-order valence-corrected chi connectivity index (χ3v) is 4.79. The largest absolute Gasteiger partial charge is 0.346 e. The first-order valence-electron chi connectivity index (χ1n) is 5.77. The number of aromatic nitrogens is 1. The maximum absolute atomic E-state index is 6.29. The number of halogens is 1. The summed E-state index contributed by atoms with van der Waals surface area (Å²) in [6, 6.07) is 4.17. The Bertz CT molecular complexity index is 589. The molecule has 0 saturated heterocycles. The van der Waals surface area contributed by atoms with Crippen molar-refractivity contribution in [1.82, 2.24) is 9.88 Å². The van der Waals surface area contributed by atoms with E-state index in [4.69, 9.17) is 11.6 Å². The van der Waals surface area contributed by atoms with E-state index < -0.39 is 0 Å². The van der Waals surface area contributed by atoms with E-state index in [-0.39, 0.29) is 0 Å². The van der Waals surface area contributed by atoms with Gasteiger partial charge in [0, 0.05) is 42.5 Å². The number of hydrogen-bond acceptors (Lipinski definition) is 2. The zero-order chi connectivity index (χ0) is 12.0. The first-order chi connectivity index (χ1) is 8.24. The van der Waals surface area contributed by atoms with Crippen LogP contribution < -0.4 is 5.32 Å². The first-order valence-corrected chi connectivity index (χ1v) is 7.37.